The zero-order valence-electron chi connectivity index (χ0n) is 14.6. The van der Waals surface area contributed by atoms with E-state index < -0.39 is 0 Å². The van der Waals surface area contributed by atoms with Crippen molar-refractivity contribution in [1.82, 2.24) is 0 Å². The van der Waals surface area contributed by atoms with Crippen molar-refractivity contribution < 1.29 is 4.74 Å². The third-order valence-electron chi connectivity index (χ3n) is 5.04. The summed E-state index contributed by atoms with van der Waals surface area (Å²) >= 11 is 0. The monoisotopic (exact) mass is 321 g/mol. The van der Waals surface area contributed by atoms with E-state index in [1.54, 1.807) is 0 Å². The maximum Gasteiger partial charge on any atom is 0.0642 e. The highest BCUT2D eigenvalue weighted by molar-refractivity contribution is 5.77. The minimum Gasteiger partial charge on any atom is -0.381 e. The molecule has 24 heavy (non-hydrogen) atoms. The lowest BCUT2D eigenvalue weighted by atomic mass is 9.89. The van der Waals surface area contributed by atoms with Crippen LogP contribution >= 0.6 is 0 Å². The first-order valence-electron chi connectivity index (χ1n) is 8.95. The van der Waals surface area contributed by atoms with Crippen LogP contribution in [0.5, 0.6) is 0 Å². The van der Waals surface area contributed by atoms with Gasteiger partial charge in [-0.1, -0.05) is 49.9 Å². The minimum atomic E-state index is 0.426. The summed E-state index contributed by atoms with van der Waals surface area (Å²) in [5, 5.41) is 0. The first-order chi connectivity index (χ1) is 11.7. The van der Waals surface area contributed by atoms with Gasteiger partial charge in [-0.3, -0.25) is 4.99 Å². The second-order valence-electron chi connectivity index (χ2n) is 6.76. The Kier molecular flexibility index (Phi) is 5.81. The number of ether oxygens (including phenoxy) is 1. The topological polar surface area (TPSA) is 21.6 Å². The van der Waals surface area contributed by atoms with E-state index in [1.807, 2.05) is 6.21 Å². The fourth-order valence-electron chi connectivity index (χ4n) is 3.34. The van der Waals surface area contributed by atoms with Crippen molar-refractivity contribution in [2.45, 2.75) is 38.0 Å². The molecule has 0 aliphatic carbocycles. The molecule has 1 atom stereocenters. The first-order valence-corrected chi connectivity index (χ1v) is 8.95. The minimum absolute atomic E-state index is 0.426. The van der Waals surface area contributed by atoms with Crippen LogP contribution in [0.25, 0.3) is 0 Å². The van der Waals surface area contributed by atoms with Crippen LogP contribution in [0.15, 0.2) is 65.2 Å². The van der Waals surface area contributed by atoms with Gasteiger partial charge < -0.3 is 4.74 Å². The van der Waals surface area contributed by atoms with E-state index in [4.69, 9.17) is 4.74 Å². The van der Waals surface area contributed by atoms with Gasteiger partial charge in [-0.15, -0.1) is 0 Å². The molecule has 3 rings (SSSR count). The maximum absolute atomic E-state index is 5.46. The van der Waals surface area contributed by atoms with Crippen molar-refractivity contribution in [2.24, 2.45) is 4.99 Å². The molecule has 1 aromatic carbocycles. The number of rotatable bonds is 6. The molecule has 1 aromatic rings. The lowest BCUT2D eigenvalue weighted by Crippen LogP contribution is -2.14. The average molecular weight is 321 g/mol. The first kappa shape index (κ1) is 16.9. The average Bonchev–Trinajstić information content (AvgIpc) is 3.17. The van der Waals surface area contributed by atoms with Gasteiger partial charge in [0, 0.05) is 19.4 Å². The molecule has 1 fully saturated rings. The molecule has 0 N–H and O–H groups in total. The molecule has 2 aliphatic rings. The molecule has 0 spiro atoms. The van der Waals surface area contributed by atoms with Crippen molar-refractivity contribution in [3.63, 3.8) is 0 Å². The molecule has 126 valence electrons. The zero-order valence-corrected chi connectivity index (χ0v) is 14.6. The fourth-order valence-corrected chi connectivity index (χ4v) is 3.34. The van der Waals surface area contributed by atoms with E-state index in [-0.39, 0.29) is 0 Å². The van der Waals surface area contributed by atoms with Crippen LogP contribution in [0.1, 0.15) is 49.1 Å². The Hall–Kier alpha value is -1.93. The van der Waals surface area contributed by atoms with Crippen LogP contribution < -0.4 is 0 Å². The predicted molar refractivity (Wildman–Crippen MR) is 102 cm³/mol. The molecule has 0 bridgehead atoms. The molecule has 0 amide bonds. The van der Waals surface area contributed by atoms with Crippen LogP contribution in [-0.4, -0.2) is 26.0 Å². The van der Waals surface area contributed by atoms with Crippen LogP contribution in [0, 0.1) is 0 Å². The number of benzene rings is 1. The largest absolute Gasteiger partial charge is 0.381 e. The van der Waals surface area contributed by atoms with Crippen LogP contribution in [0.3, 0.4) is 0 Å². The molecule has 2 heterocycles. The summed E-state index contributed by atoms with van der Waals surface area (Å²) in [6, 6.07) is 9.16. The third kappa shape index (κ3) is 4.33. The smallest absolute Gasteiger partial charge is 0.0642 e. The Labute approximate surface area is 145 Å². The van der Waals surface area contributed by atoms with Gasteiger partial charge in [0.25, 0.3) is 0 Å². The fraction of sp³-hybridized carbons (Fsp3) is 0.409. The van der Waals surface area contributed by atoms with E-state index in [1.165, 1.54) is 22.3 Å². The highest BCUT2D eigenvalue weighted by Crippen LogP contribution is 2.28. The van der Waals surface area contributed by atoms with Gasteiger partial charge in [0.1, 0.15) is 0 Å². The van der Waals surface area contributed by atoms with Crippen molar-refractivity contribution >= 4 is 6.21 Å². The number of hydrogen-bond donors (Lipinski definition) is 0. The van der Waals surface area contributed by atoms with Crippen molar-refractivity contribution in [3.8, 4) is 0 Å². The molecule has 2 heteroatoms. The quantitative estimate of drug-likeness (QED) is 0.660. The van der Waals surface area contributed by atoms with Gasteiger partial charge >= 0.3 is 0 Å². The van der Waals surface area contributed by atoms with Gasteiger partial charge in [0.15, 0.2) is 0 Å². The Balaban J connectivity index is 1.53. The van der Waals surface area contributed by atoms with Crippen molar-refractivity contribution in [3.05, 3.63) is 71.3 Å². The summed E-state index contributed by atoms with van der Waals surface area (Å²) in [4.78, 5) is 4.21. The molecule has 0 saturated carbocycles. The normalized spacial score (nSPS) is 19.6. The SMILES string of the molecule is C=C(CC=CC(C)c1ccc(C2CCOCC2)cc1)C1=CC=NC1. The van der Waals surface area contributed by atoms with Crippen LogP contribution in [0.4, 0.5) is 0 Å². The van der Waals surface area contributed by atoms with Crippen LogP contribution in [-0.2, 0) is 4.74 Å². The standard InChI is InChI=1S/C22H27NO/c1-17(4-3-5-18(2)22-10-13-23-16-22)19-6-8-20(9-7-19)21-11-14-24-15-12-21/h3-4,6-10,13,17,21H,2,5,11-12,14-16H2,1H3. The molecular formula is C22H27NO. The molecular weight excluding hydrogens is 294 g/mol. The second kappa shape index (κ2) is 8.25. The van der Waals surface area contributed by atoms with Crippen molar-refractivity contribution in [1.29, 1.82) is 0 Å². The Bertz CT molecular complexity index is 645. The zero-order chi connectivity index (χ0) is 16.8. The molecule has 1 saturated heterocycles. The maximum atomic E-state index is 5.46. The summed E-state index contributed by atoms with van der Waals surface area (Å²) in [6.07, 6.45) is 11.7. The van der Waals surface area contributed by atoms with E-state index in [0.29, 0.717) is 11.8 Å². The van der Waals surface area contributed by atoms with Crippen LogP contribution in [0.2, 0.25) is 0 Å². The number of hydrogen-bond acceptors (Lipinski definition) is 2. The van der Waals surface area contributed by atoms with Crippen molar-refractivity contribution in [2.75, 3.05) is 19.8 Å². The lowest BCUT2D eigenvalue weighted by Gasteiger charge is -2.22. The van der Waals surface area contributed by atoms with E-state index in [0.717, 1.165) is 39.0 Å². The number of aliphatic imine (C=N–C) groups is 1. The molecule has 1 unspecified atom stereocenters. The highest BCUT2D eigenvalue weighted by Gasteiger charge is 2.15. The van der Waals surface area contributed by atoms with Gasteiger partial charge in [-0.25, -0.2) is 0 Å². The molecule has 2 aliphatic heterocycles. The van der Waals surface area contributed by atoms with E-state index in [2.05, 4.69) is 61.0 Å². The Morgan fingerprint density at radius 1 is 1.29 bits per heavy atom. The third-order valence-corrected chi connectivity index (χ3v) is 5.04. The molecule has 2 nitrogen and oxygen atoms in total. The second-order valence-corrected chi connectivity index (χ2v) is 6.76. The lowest BCUT2D eigenvalue weighted by molar-refractivity contribution is 0.0853. The summed E-state index contributed by atoms with van der Waals surface area (Å²) in [5.41, 5.74) is 5.26. The van der Waals surface area contributed by atoms with Gasteiger partial charge in [-0.05, 0) is 59.4 Å². The Morgan fingerprint density at radius 2 is 2.04 bits per heavy atom. The summed E-state index contributed by atoms with van der Waals surface area (Å²) in [5.74, 6) is 1.10. The summed E-state index contributed by atoms with van der Waals surface area (Å²) in [6.45, 7) is 9.00. The number of nitrogens with zero attached hydrogens (tertiary/aromatic N) is 1. The highest BCUT2D eigenvalue weighted by atomic mass is 16.5. The predicted octanol–water partition coefficient (Wildman–Crippen LogP) is 5.20. The molecule has 0 radical (unpaired) electrons. The number of allylic oxidation sites excluding steroid dienone is 3. The van der Waals surface area contributed by atoms with Gasteiger partial charge in [0.2, 0.25) is 0 Å². The summed E-state index contributed by atoms with van der Waals surface area (Å²) in [7, 11) is 0. The van der Waals surface area contributed by atoms with Gasteiger partial charge in [0.05, 0.1) is 6.54 Å². The Morgan fingerprint density at radius 3 is 2.71 bits per heavy atom. The van der Waals surface area contributed by atoms with Gasteiger partial charge in [-0.2, -0.15) is 0 Å². The summed E-state index contributed by atoms with van der Waals surface area (Å²) < 4.78 is 5.46. The van der Waals surface area contributed by atoms with E-state index in [9.17, 15) is 0 Å². The van der Waals surface area contributed by atoms with E-state index >= 15 is 0 Å². The molecule has 0 aromatic heterocycles.